The lowest BCUT2D eigenvalue weighted by atomic mass is 9.94. The predicted octanol–water partition coefficient (Wildman–Crippen LogP) is 4.68. The number of hydrogen-bond acceptors (Lipinski definition) is 5. The fourth-order valence-corrected chi connectivity index (χ4v) is 4.04. The highest BCUT2D eigenvalue weighted by molar-refractivity contribution is 5.95. The fraction of sp³-hybridized carbons (Fsp3) is 0.179. The Balaban J connectivity index is 1.68. The summed E-state index contributed by atoms with van der Waals surface area (Å²) in [4.78, 5) is 39.2. The number of benzene rings is 3. The third-order valence-corrected chi connectivity index (χ3v) is 6.00. The Kier molecular flexibility index (Phi) is 7.34. The van der Waals surface area contributed by atoms with Crippen molar-refractivity contribution in [1.29, 1.82) is 0 Å². The number of carboxylic acids is 1. The van der Waals surface area contributed by atoms with Crippen molar-refractivity contribution in [3.8, 4) is 5.75 Å². The van der Waals surface area contributed by atoms with Gasteiger partial charge in [-0.3, -0.25) is 4.90 Å². The maximum atomic E-state index is 13.4. The molecule has 36 heavy (non-hydrogen) atoms. The van der Waals surface area contributed by atoms with E-state index in [1.807, 2.05) is 36.4 Å². The predicted molar refractivity (Wildman–Crippen MR) is 132 cm³/mol. The minimum Gasteiger partial charge on any atom is -0.497 e. The van der Waals surface area contributed by atoms with Crippen LogP contribution in [0.15, 0.2) is 90.1 Å². The molecule has 0 saturated heterocycles. The van der Waals surface area contributed by atoms with E-state index >= 15 is 0 Å². The number of esters is 1. The smallest absolute Gasteiger partial charge is 0.338 e. The van der Waals surface area contributed by atoms with Gasteiger partial charge in [0.25, 0.3) is 0 Å². The second-order valence-electron chi connectivity index (χ2n) is 8.31. The number of amides is 2. The summed E-state index contributed by atoms with van der Waals surface area (Å²) in [5.41, 5.74) is 3.15. The molecular formula is C28H26N2O6. The van der Waals surface area contributed by atoms with Crippen molar-refractivity contribution in [3.63, 3.8) is 0 Å². The highest BCUT2D eigenvalue weighted by atomic mass is 16.5. The van der Waals surface area contributed by atoms with E-state index in [0.717, 1.165) is 5.56 Å². The zero-order chi connectivity index (χ0) is 25.7. The van der Waals surface area contributed by atoms with Crippen LogP contribution in [-0.4, -0.2) is 35.1 Å². The van der Waals surface area contributed by atoms with Crippen molar-refractivity contribution < 1.29 is 29.0 Å². The van der Waals surface area contributed by atoms with Crippen molar-refractivity contribution in [1.82, 2.24) is 10.2 Å². The van der Waals surface area contributed by atoms with E-state index < -0.39 is 18.0 Å². The lowest BCUT2D eigenvalue weighted by Gasteiger charge is -2.35. The molecule has 0 aliphatic carbocycles. The zero-order valence-corrected chi connectivity index (χ0v) is 19.9. The van der Waals surface area contributed by atoms with E-state index in [9.17, 15) is 14.4 Å². The van der Waals surface area contributed by atoms with E-state index in [1.54, 1.807) is 44.4 Å². The van der Waals surface area contributed by atoms with Crippen molar-refractivity contribution in [2.45, 2.75) is 26.1 Å². The molecule has 8 heteroatoms. The van der Waals surface area contributed by atoms with Gasteiger partial charge in [0.15, 0.2) is 0 Å². The molecule has 1 unspecified atom stereocenters. The SMILES string of the molecule is COc1cccc(C2NC(=O)N(Cc3ccc(C(=O)O)cc3)C(C)=C2C(=O)OCc2ccccc2)c1. The number of carbonyl (C=O) groups excluding carboxylic acids is 2. The van der Waals surface area contributed by atoms with Crippen molar-refractivity contribution in [2.75, 3.05) is 7.11 Å². The number of allylic oxidation sites excluding steroid dienone is 1. The van der Waals surface area contributed by atoms with Crippen LogP contribution in [0.5, 0.6) is 5.75 Å². The largest absolute Gasteiger partial charge is 0.497 e. The molecule has 1 heterocycles. The monoisotopic (exact) mass is 486 g/mol. The Morgan fingerprint density at radius 2 is 1.69 bits per heavy atom. The van der Waals surface area contributed by atoms with Gasteiger partial charge in [-0.2, -0.15) is 0 Å². The third-order valence-electron chi connectivity index (χ3n) is 6.00. The zero-order valence-electron chi connectivity index (χ0n) is 19.9. The topological polar surface area (TPSA) is 105 Å². The molecule has 0 radical (unpaired) electrons. The number of carbonyl (C=O) groups is 3. The molecule has 0 aromatic heterocycles. The third kappa shape index (κ3) is 5.38. The van der Waals surface area contributed by atoms with E-state index in [2.05, 4.69) is 5.32 Å². The first-order valence-electron chi connectivity index (χ1n) is 11.3. The quantitative estimate of drug-likeness (QED) is 0.448. The molecule has 184 valence electrons. The average molecular weight is 487 g/mol. The maximum absolute atomic E-state index is 13.4. The molecule has 0 fully saturated rings. The van der Waals surface area contributed by atoms with E-state index in [-0.39, 0.29) is 24.7 Å². The van der Waals surface area contributed by atoms with Gasteiger partial charge in [-0.25, -0.2) is 14.4 Å². The lowest BCUT2D eigenvalue weighted by molar-refractivity contribution is -0.141. The van der Waals surface area contributed by atoms with Crippen molar-refractivity contribution >= 4 is 18.0 Å². The van der Waals surface area contributed by atoms with Crippen LogP contribution in [-0.2, 0) is 22.7 Å². The van der Waals surface area contributed by atoms with Gasteiger partial charge in [0.05, 0.1) is 30.8 Å². The first-order chi connectivity index (χ1) is 17.4. The molecule has 2 amide bonds. The van der Waals surface area contributed by atoms with Crippen LogP contribution in [0.25, 0.3) is 0 Å². The number of rotatable bonds is 8. The molecule has 0 bridgehead atoms. The highest BCUT2D eigenvalue weighted by Crippen LogP contribution is 2.33. The van der Waals surface area contributed by atoms with Gasteiger partial charge >= 0.3 is 18.0 Å². The van der Waals surface area contributed by atoms with Gasteiger partial charge in [0.2, 0.25) is 0 Å². The number of hydrogen-bond donors (Lipinski definition) is 2. The summed E-state index contributed by atoms with van der Waals surface area (Å²) in [5.74, 6) is -0.981. The summed E-state index contributed by atoms with van der Waals surface area (Å²) >= 11 is 0. The van der Waals surface area contributed by atoms with Crippen LogP contribution < -0.4 is 10.1 Å². The number of methoxy groups -OCH3 is 1. The molecule has 1 atom stereocenters. The van der Waals surface area contributed by atoms with Crippen LogP contribution >= 0.6 is 0 Å². The Bertz CT molecular complexity index is 1300. The Hall–Kier alpha value is -4.59. The summed E-state index contributed by atoms with van der Waals surface area (Å²) < 4.78 is 11.0. The summed E-state index contributed by atoms with van der Waals surface area (Å²) in [6, 6.07) is 21.6. The van der Waals surface area contributed by atoms with Gasteiger partial charge in [-0.05, 0) is 47.9 Å². The number of carboxylic acid groups (broad SMARTS) is 1. The summed E-state index contributed by atoms with van der Waals surface area (Å²) in [5, 5.41) is 12.1. The van der Waals surface area contributed by atoms with Gasteiger partial charge in [-0.1, -0.05) is 54.6 Å². The highest BCUT2D eigenvalue weighted by Gasteiger charge is 2.36. The Morgan fingerprint density at radius 1 is 0.972 bits per heavy atom. The molecule has 3 aromatic carbocycles. The van der Waals surface area contributed by atoms with Gasteiger partial charge in [0, 0.05) is 5.70 Å². The van der Waals surface area contributed by atoms with Crippen LogP contribution in [0.4, 0.5) is 4.79 Å². The second-order valence-corrected chi connectivity index (χ2v) is 8.31. The number of ether oxygens (including phenoxy) is 2. The fourth-order valence-electron chi connectivity index (χ4n) is 4.04. The molecular weight excluding hydrogens is 460 g/mol. The standard InChI is InChI=1S/C28H26N2O6/c1-18-24(27(33)36-17-20-7-4-3-5-8-20)25(22-9-6-10-23(15-22)35-2)29-28(34)30(18)16-19-11-13-21(14-12-19)26(31)32/h3-15,25H,16-17H2,1-2H3,(H,29,34)(H,31,32). The molecule has 1 aliphatic rings. The van der Waals surface area contributed by atoms with Crippen LogP contribution in [0.2, 0.25) is 0 Å². The summed E-state index contributed by atoms with van der Waals surface area (Å²) in [6.07, 6.45) is 0. The Labute approximate surface area is 208 Å². The molecule has 1 aliphatic heterocycles. The van der Waals surface area contributed by atoms with E-state index in [0.29, 0.717) is 28.1 Å². The minimum absolute atomic E-state index is 0.0892. The summed E-state index contributed by atoms with van der Waals surface area (Å²) in [7, 11) is 1.55. The first-order valence-corrected chi connectivity index (χ1v) is 11.3. The van der Waals surface area contributed by atoms with E-state index in [1.165, 1.54) is 17.0 Å². The Morgan fingerprint density at radius 3 is 2.36 bits per heavy atom. The number of nitrogens with zero attached hydrogens (tertiary/aromatic N) is 1. The van der Waals surface area contributed by atoms with Crippen LogP contribution in [0, 0.1) is 0 Å². The number of nitrogens with one attached hydrogen (secondary N) is 1. The molecule has 4 rings (SSSR count). The number of urea groups is 1. The minimum atomic E-state index is -1.03. The average Bonchev–Trinajstić information content (AvgIpc) is 2.90. The second kappa shape index (κ2) is 10.8. The molecule has 0 spiro atoms. The molecule has 8 nitrogen and oxygen atoms in total. The van der Waals surface area contributed by atoms with Gasteiger partial charge < -0.3 is 19.9 Å². The van der Waals surface area contributed by atoms with Gasteiger partial charge in [0.1, 0.15) is 12.4 Å². The van der Waals surface area contributed by atoms with Gasteiger partial charge in [-0.15, -0.1) is 0 Å². The maximum Gasteiger partial charge on any atom is 0.338 e. The van der Waals surface area contributed by atoms with Crippen molar-refractivity contribution in [2.24, 2.45) is 0 Å². The van der Waals surface area contributed by atoms with Crippen LogP contribution in [0.3, 0.4) is 0 Å². The number of aromatic carboxylic acids is 1. The molecule has 3 aromatic rings. The first kappa shape index (κ1) is 24.5. The van der Waals surface area contributed by atoms with Crippen LogP contribution in [0.1, 0.15) is 40.0 Å². The van der Waals surface area contributed by atoms with Crippen molar-refractivity contribution in [3.05, 3.63) is 112 Å². The summed E-state index contributed by atoms with van der Waals surface area (Å²) in [6.45, 7) is 1.94. The van der Waals surface area contributed by atoms with E-state index in [4.69, 9.17) is 14.6 Å². The molecule has 0 saturated carbocycles. The lowest BCUT2D eigenvalue weighted by Crippen LogP contribution is -2.47. The molecule has 2 N–H and O–H groups in total. The normalized spacial score (nSPS) is 15.3.